The van der Waals surface area contributed by atoms with Gasteiger partial charge in [0.05, 0.1) is 23.9 Å². The summed E-state index contributed by atoms with van der Waals surface area (Å²) in [6.45, 7) is 0. The molecule has 3 rings (SSSR count). The van der Waals surface area contributed by atoms with Gasteiger partial charge >= 0.3 is 0 Å². The first-order valence-corrected chi connectivity index (χ1v) is 9.70. The molecule has 2 aromatic rings. The van der Waals surface area contributed by atoms with Crippen LogP contribution in [0.25, 0.3) is 17.2 Å². The summed E-state index contributed by atoms with van der Waals surface area (Å²) in [5, 5.41) is 0. The van der Waals surface area contributed by atoms with Gasteiger partial charge < -0.3 is 9.47 Å². The Balaban J connectivity index is 2.45. The molecule has 1 aliphatic rings. The predicted octanol–water partition coefficient (Wildman–Crippen LogP) is 6.32. The van der Waals surface area contributed by atoms with E-state index >= 15 is 0 Å². The highest BCUT2D eigenvalue weighted by atomic mass is 79.9. The number of allylic oxidation sites excluding steroid dienone is 1. The zero-order valence-corrected chi connectivity index (χ0v) is 17.4. The lowest BCUT2D eigenvalue weighted by atomic mass is 9.89. The molecular formula is C18H15Br3O2. The van der Waals surface area contributed by atoms with Crippen molar-refractivity contribution in [3.63, 3.8) is 0 Å². The maximum Gasteiger partial charge on any atom is 0.127 e. The summed E-state index contributed by atoms with van der Waals surface area (Å²) in [4.78, 5) is 0.212. The molecule has 2 aromatic carbocycles. The first kappa shape index (κ1) is 17.1. The Bertz CT molecular complexity index is 771. The molecule has 23 heavy (non-hydrogen) atoms. The van der Waals surface area contributed by atoms with E-state index in [0.717, 1.165) is 38.2 Å². The van der Waals surface area contributed by atoms with Gasteiger partial charge in [-0.3, -0.25) is 0 Å². The minimum atomic E-state index is 0.0938. The highest BCUT2D eigenvalue weighted by Gasteiger charge is 2.29. The topological polar surface area (TPSA) is 18.5 Å². The van der Waals surface area contributed by atoms with Crippen molar-refractivity contribution in [2.45, 2.75) is 9.65 Å². The lowest BCUT2D eigenvalue weighted by molar-refractivity contribution is 0.410. The molecule has 0 amide bonds. The molecule has 0 fully saturated rings. The molecule has 120 valence electrons. The van der Waals surface area contributed by atoms with Crippen molar-refractivity contribution in [3.8, 4) is 22.6 Å². The van der Waals surface area contributed by atoms with Gasteiger partial charge in [0.25, 0.3) is 0 Å². The van der Waals surface area contributed by atoms with Crippen LogP contribution in [0.1, 0.15) is 16.0 Å². The summed E-state index contributed by atoms with van der Waals surface area (Å²) in [6, 6.07) is 12.2. The number of hydrogen-bond donors (Lipinski definition) is 0. The van der Waals surface area contributed by atoms with Crippen LogP contribution in [-0.2, 0) is 0 Å². The van der Waals surface area contributed by atoms with Gasteiger partial charge in [0.15, 0.2) is 0 Å². The van der Waals surface area contributed by atoms with E-state index in [1.54, 1.807) is 14.2 Å². The fourth-order valence-electron chi connectivity index (χ4n) is 2.85. The van der Waals surface area contributed by atoms with E-state index in [1.165, 1.54) is 0 Å². The number of hydrogen-bond acceptors (Lipinski definition) is 2. The second-order valence-corrected chi connectivity index (χ2v) is 8.07. The molecule has 2 unspecified atom stereocenters. The summed E-state index contributed by atoms with van der Waals surface area (Å²) in [5.41, 5.74) is 4.35. The van der Waals surface area contributed by atoms with Gasteiger partial charge in [-0.25, -0.2) is 0 Å². The molecular weight excluding hydrogens is 488 g/mol. The van der Waals surface area contributed by atoms with Gasteiger partial charge in [0.2, 0.25) is 0 Å². The zero-order valence-electron chi connectivity index (χ0n) is 12.6. The third kappa shape index (κ3) is 2.99. The fourth-order valence-corrected chi connectivity index (χ4v) is 4.80. The van der Waals surface area contributed by atoms with Gasteiger partial charge in [0.1, 0.15) is 11.5 Å². The van der Waals surface area contributed by atoms with Crippen molar-refractivity contribution in [1.82, 2.24) is 0 Å². The van der Waals surface area contributed by atoms with Crippen LogP contribution < -0.4 is 9.47 Å². The van der Waals surface area contributed by atoms with E-state index in [9.17, 15) is 0 Å². The molecule has 1 aliphatic carbocycles. The van der Waals surface area contributed by atoms with Crippen LogP contribution >= 0.6 is 47.8 Å². The minimum absolute atomic E-state index is 0.0938. The van der Waals surface area contributed by atoms with E-state index in [4.69, 9.17) is 9.47 Å². The summed E-state index contributed by atoms with van der Waals surface area (Å²) in [6.07, 6.45) is 2.13. The van der Waals surface area contributed by atoms with Crippen LogP contribution in [0.4, 0.5) is 0 Å². The first-order valence-electron chi connectivity index (χ1n) is 7.08. The third-order valence-electron chi connectivity index (χ3n) is 3.92. The lowest BCUT2D eigenvalue weighted by Gasteiger charge is -2.26. The van der Waals surface area contributed by atoms with Crippen LogP contribution in [0, 0.1) is 0 Å². The number of benzene rings is 2. The van der Waals surface area contributed by atoms with Crippen molar-refractivity contribution in [2.24, 2.45) is 0 Å². The Labute approximate surface area is 161 Å². The number of rotatable bonds is 2. The van der Waals surface area contributed by atoms with Crippen molar-refractivity contribution in [1.29, 1.82) is 0 Å². The van der Waals surface area contributed by atoms with Crippen LogP contribution in [0.2, 0.25) is 0 Å². The average Bonchev–Trinajstić information content (AvgIpc) is 2.58. The van der Waals surface area contributed by atoms with E-state index in [2.05, 4.69) is 66.0 Å². The van der Waals surface area contributed by atoms with E-state index in [0.29, 0.717) is 0 Å². The molecule has 0 heterocycles. The Morgan fingerprint density at radius 1 is 0.826 bits per heavy atom. The first-order chi connectivity index (χ1) is 11.1. The van der Waals surface area contributed by atoms with Crippen molar-refractivity contribution >= 4 is 53.9 Å². The van der Waals surface area contributed by atoms with Gasteiger partial charge in [-0.1, -0.05) is 72.1 Å². The molecule has 0 bridgehead atoms. The molecule has 0 saturated carbocycles. The van der Waals surface area contributed by atoms with Crippen LogP contribution in [0.3, 0.4) is 0 Å². The number of fused-ring (bicyclic) bond motifs is 3. The quantitative estimate of drug-likeness (QED) is 0.447. The Morgan fingerprint density at radius 2 is 1.43 bits per heavy atom. The Kier molecular flexibility index (Phi) is 5.19. The zero-order chi connectivity index (χ0) is 16.6. The van der Waals surface area contributed by atoms with Gasteiger partial charge in [0, 0.05) is 15.6 Å². The molecule has 0 radical (unpaired) electrons. The van der Waals surface area contributed by atoms with E-state index < -0.39 is 0 Å². The highest BCUT2D eigenvalue weighted by Crippen LogP contribution is 2.50. The number of methoxy groups -OCH3 is 2. The Morgan fingerprint density at radius 3 is 2.09 bits per heavy atom. The standard InChI is InChI=1S/C18H15Br3O2/c1-22-13-7-3-5-10-9-12(19)18(21)17(20)11-6-4-8-14(23-2)16(11)15(10)13/h3-9,17-18H,1-2H3/b12-9+. The minimum Gasteiger partial charge on any atom is -0.496 e. The monoisotopic (exact) mass is 500 g/mol. The van der Waals surface area contributed by atoms with Crippen molar-refractivity contribution in [3.05, 3.63) is 52.0 Å². The van der Waals surface area contributed by atoms with E-state index in [1.807, 2.05) is 24.3 Å². The normalized spacial score (nSPS) is 22.0. The molecule has 0 N–H and O–H groups in total. The second kappa shape index (κ2) is 6.99. The summed E-state index contributed by atoms with van der Waals surface area (Å²) >= 11 is 11.3. The predicted molar refractivity (Wildman–Crippen MR) is 106 cm³/mol. The fraction of sp³-hybridized carbons (Fsp3) is 0.222. The average molecular weight is 503 g/mol. The molecule has 0 aliphatic heterocycles. The number of ether oxygens (including phenoxy) is 2. The Hall–Kier alpha value is -0.780. The number of alkyl halides is 2. The van der Waals surface area contributed by atoms with Crippen LogP contribution in [0.15, 0.2) is 40.9 Å². The molecule has 2 atom stereocenters. The van der Waals surface area contributed by atoms with Gasteiger partial charge in [-0.05, 0) is 29.3 Å². The van der Waals surface area contributed by atoms with Gasteiger partial charge in [-0.2, -0.15) is 0 Å². The molecule has 0 spiro atoms. The largest absolute Gasteiger partial charge is 0.496 e. The third-order valence-corrected chi connectivity index (χ3v) is 8.01. The van der Waals surface area contributed by atoms with Crippen molar-refractivity contribution < 1.29 is 9.47 Å². The maximum absolute atomic E-state index is 5.65. The van der Waals surface area contributed by atoms with Gasteiger partial charge in [-0.15, -0.1) is 0 Å². The summed E-state index contributed by atoms with van der Waals surface area (Å²) in [5.74, 6) is 1.67. The molecule has 5 heteroatoms. The maximum atomic E-state index is 5.65. The molecule has 0 aromatic heterocycles. The van der Waals surface area contributed by atoms with E-state index in [-0.39, 0.29) is 9.65 Å². The summed E-state index contributed by atoms with van der Waals surface area (Å²) < 4.78 is 12.4. The van der Waals surface area contributed by atoms with Crippen LogP contribution in [-0.4, -0.2) is 19.0 Å². The molecule has 0 saturated heterocycles. The smallest absolute Gasteiger partial charge is 0.127 e. The van der Waals surface area contributed by atoms with Crippen LogP contribution in [0.5, 0.6) is 11.5 Å². The van der Waals surface area contributed by atoms with Crippen molar-refractivity contribution in [2.75, 3.05) is 14.2 Å². The lowest BCUT2D eigenvalue weighted by Crippen LogP contribution is -2.11. The molecule has 2 nitrogen and oxygen atoms in total. The second-order valence-electron chi connectivity index (χ2n) is 5.18. The SMILES string of the molecule is COc1cccc2c1-c1c(OC)cccc1C(Br)C(Br)/C(Br)=C\2. The number of halogens is 3. The summed E-state index contributed by atoms with van der Waals surface area (Å²) in [7, 11) is 3.39. The highest BCUT2D eigenvalue weighted by molar-refractivity contribution is 9.14.